The summed E-state index contributed by atoms with van der Waals surface area (Å²) < 4.78 is 15.8. The minimum Gasteiger partial charge on any atom is -0.320 e. The van der Waals surface area contributed by atoms with E-state index in [1.807, 2.05) is 19.9 Å². The summed E-state index contributed by atoms with van der Waals surface area (Å²) in [5.41, 5.74) is 5.98. The molecule has 1 amide bonds. The second kappa shape index (κ2) is 6.61. The standard InChI is InChI=1S/C13H18N4O2S/c1-9(2)6-12(15)13(18)17-20(16,19)11-5-3-4-10(7-11)8-14/h3-5,7,9,12H,6,15H2,1-2H3,(H2,16,17,18,19)/t12-,20?/m0/s1. The van der Waals surface area contributed by atoms with E-state index in [0.717, 1.165) is 0 Å². The molecule has 7 heteroatoms. The van der Waals surface area contributed by atoms with E-state index in [2.05, 4.69) is 4.36 Å². The van der Waals surface area contributed by atoms with E-state index in [9.17, 15) is 9.00 Å². The molecule has 0 saturated carbocycles. The van der Waals surface area contributed by atoms with Crippen molar-refractivity contribution in [3.8, 4) is 6.07 Å². The molecule has 0 fully saturated rings. The molecule has 0 bridgehead atoms. The Morgan fingerprint density at radius 3 is 2.70 bits per heavy atom. The van der Waals surface area contributed by atoms with Crippen LogP contribution in [0.4, 0.5) is 0 Å². The first kappa shape index (κ1) is 16.3. The average Bonchev–Trinajstić information content (AvgIpc) is 2.37. The van der Waals surface area contributed by atoms with Gasteiger partial charge < -0.3 is 5.73 Å². The Kier molecular flexibility index (Phi) is 5.39. The third-order valence-electron chi connectivity index (χ3n) is 2.57. The Bertz CT molecular complexity index is 655. The summed E-state index contributed by atoms with van der Waals surface area (Å²) in [4.78, 5) is 11.9. The zero-order chi connectivity index (χ0) is 15.3. The maximum atomic E-state index is 12.3. The number of hydrogen-bond donors (Lipinski definition) is 2. The van der Waals surface area contributed by atoms with Crippen molar-refractivity contribution in [2.45, 2.75) is 31.2 Å². The summed E-state index contributed by atoms with van der Waals surface area (Å²) in [7, 11) is -3.38. The molecule has 6 nitrogen and oxygen atoms in total. The van der Waals surface area contributed by atoms with Crippen molar-refractivity contribution in [1.82, 2.24) is 0 Å². The molecule has 0 aliphatic carbocycles. The average molecular weight is 294 g/mol. The van der Waals surface area contributed by atoms with E-state index in [0.29, 0.717) is 12.0 Å². The highest BCUT2D eigenvalue weighted by Gasteiger charge is 2.17. The maximum absolute atomic E-state index is 12.3. The van der Waals surface area contributed by atoms with Crippen LogP contribution in [0.3, 0.4) is 0 Å². The molecule has 1 aromatic rings. The normalized spacial score (nSPS) is 15.2. The van der Waals surface area contributed by atoms with Crippen molar-refractivity contribution in [3.63, 3.8) is 0 Å². The molecular weight excluding hydrogens is 276 g/mol. The molecule has 0 spiro atoms. The van der Waals surface area contributed by atoms with Crippen LogP contribution in [0.2, 0.25) is 0 Å². The van der Waals surface area contributed by atoms with Gasteiger partial charge in [-0.15, -0.1) is 4.36 Å². The van der Waals surface area contributed by atoms with E-state index < -0.39 is 21.9 Å². The van der Waals surface area contributed by atoms with Crippen molar-refractivity contribution < 1.29 is 9.00 Å². The third-order valence-corrected chi connectivity index (χ3v) is 3.95. The van der Waals surface area contributed by atoms with Gasteiger partial charge in [0.25, 0.3) is 5.91 Å². The molecule has 1 aromatic carbocycles. The molecule has 0 heterocycles. The Morgan fingerprint density at radius 2 is 2.15 bits per heavy atom. The first-order valence-electron chi connectivity index (χ1n) is 6.10. The number of nitriles is 1. The summed E-state index contributed by atoms with van der Waals surface area (Å²) in [6.45, 7) is 3.84. The minimum absolute atomic E-state index is 0.140. The quantitative estimate of drug-likeness (QED) is 0.864. The van der Waals surface area contributed by atoms with E-state index in [1.165, 1.54) is 18.2 Å². The molecule has 0 saturated heterocycles. The van der Waals surface area contributed by atoms with Gasteiger partial charge in [-0.2, -0.15) is 5.26 Å². The van der Waals surface area contributed by atoms with Gasteiger partial charge in [-0.05, 0) is 30.5 Å². The first-order valence-corrected chi connectivity index (χ1v) is 7.68. The van der Waals surface area contributed by atoms with Crippen LogP contribution in [-0.4, -0.2) is 16.2 Å². The van der Waals surface area contributed by atoms with Gasteiger partial charge in [-0.25, -0.2) is 9.35 Å². The fourth-order valence-corrected chi connectivity index (χ4v) is 2.69. The van der Waals surface area contributed by atoms with Crippen molar-refractivity contribution in [2.75, 3.05) is 0 Å². The monoisotopic (exact) mass is 294 g/mol. The Hall–Kier alpha value is -1.75. The summed E-state index contributed by atoms with van der Waals surface area (Å²) in [5, 5.41) is 14.4. The van der Waals surface area contributed by atoms with Crippen LogP contribution < -0.4 is 10.9 Å². The fraction of sp³-hybridized carbons (Fsp3) is 0.385. The predicted molar refractivity (Wildman–Crippen MR) is 76.6 cm³/mol. The lowest BCUT2D eigenvalue weighted by atomic mass is 10.0. The van der Waals surface area contributed by atoms with Crippen LogP contribution in [0.5, 0.6) is 0 Å². The van der Waals surface area contributed by atoms with E-state index in [-0.39, 0.29) is 10.8 Å². The smallest absolute Gasteiger partial charge is 0.271 e. The number of rotatable bonds is 4. The lowest BCUT2D eigenvalue weighted by Crippen LogP contribution is -2.32. The Balaban J connectivity index is 3.09. The zero-order valence-corrected chi connectivity index (χ0v) is 12.3. The number of benzene rings is 1. The number of nitrogens with two attached hydrogens (primary N) is 2. The highest BCUT2D eigenvalue weighted by atomic mass is 32.2. The lowest BCUT2D eigenvalue weighted by molar-refractivity contribution is -0.119. The van der Waals surface area contributed by atoms with Crippen LogP contribution in [0.15, 0.2) is 33.5 Å². The largest absolute Gasteiger partial charge is 0.320 e. The van der Waals surface area contributed by atoms with Crippen LogP contribution in [0, 0.1) is 17.2 Å². The lowest BCUT2D eigenvalue weighted by Gasteiger charge is -2.11. The van der Waals surface area contributed by atoms with E-state index in [4.69, 9.17) is 16.1 Å². The summed E-state index contributed by atoms with van der Waals surface area (Å²) in [6, 6.07) is 6.99. The highest BCUT2D eigenvalue weighted by molar-refractivity contribution is 7.91. The van der Waals surface area contributed by atoms with Gasteiger partial charge in [0.1, 0.15) is 9.92 Å². The SMILES string of the molecule is CC(C)C[C@H](N)C(=O)N=S(N)(=O)c1cccc(C#N)c1. The number of amides is 1. The van der Waals surface area contributed by atoms with Crippen LogP contribution in [-0.2, 0) is 14.7 Å². The number of carbonyl (C=O) groups excluding carboxylic acids is 1. The molecule has 0 radical (unpaired) electrons. The maximum Gasteiger partial charge on any atom is 0.271 e. The van der Waals surface area contributed by atoms with Crippen LogP contribution in [0.25, 0.3) is 0 Å². The van der Waals surface area contributed by atoms with Gasteiger partial charge in [-0.3, -0.25) is 4.79 Å². The van der Waals surface area contributed by atoms with E-state index >= 15 is 0 Å². The first-order chi connectivity index (χ1) is 9.26. The van der Waals surface area contributed by atoms with Gasteiger partial charge >= 0.3 is 0 Å². The molecular formula is C13H18N4O2S. The number of hydrogen-bond acceptors (Lipinski definition) is 4. The van der Waals surface area contributed by atoms with Crippen molar-refractivity contribution in [2.24, 2.45) is 21.2 Å². The van der Waals surface area contributed by atoms with Crippen LogP contribution >= 0.6 is 0 Å². The molecule has 0 aliphatic rings. The predicted octanol–water partition coefficient (Wildman–Crippen LogP) is 1.16. The third kappa shape index (κ3) is 4.42. The molecule has 1 rings (SSSR count). The highest BCUT2D eigenvalue weighted by Crippen LogP contribution is 2.12. The molecule has 20 heavy (non-hydrogen) atoms. The molecule has 1 unspecified atom stereocenters. The Morgan fingerprint density at radius 1 is 1.50 bits per heavy atom. The van der Waals surface area contributed by atoms with Crippen molar-refractivity contribution >= 4 is 15.8 Å². The molecule has 2 atom stereocenters. The zero-order valence-electron chi connectivity index (χ0n) is 11.4. The number of nitrogens with zero attached hydrogens (tertiary/aromatic N) is 2. The van der Waals surface area contributed by atoms with Crippen LogP contribution in [0.1, 0.15) is 25.8 Å². The summed E-state index contributed by atoms with van der Waals surface area (Å²) in [5.74, 6) is -0.464. The topological polar surface area (TPSA) is 122 Å². The molecule has 108 valence electrons. The second-order valence-corrected chi connectivity index (χ2v) is 6.67. The number of carbonyl (C=O) groups is 1. The van der Waals surface area contributed by atoms with Crippen molar-refractivity contribution in [1.29, 1.82) is 5.26 Å². The summed E-state index contributed by atoms with van der Waals surface area (Å²) in [6.07, 6.45) is 0.441. The summed E-state index contributed by atoms with van der Waals surface area (Å²) >= 11 is 0. The molecule has 0 aromatic heterocycles. The van der Waals surface area contributed by atoms with Gasteiger partial charge in [-0.1, -0.05) is 19.9 Å². The second-order valence-electron chi connectivity index (χ2n) is 4.87. The van der Waals surface area contributed by atoms with Crippen molar-refractivity contribution in [3.05, 3.63) is 29.8 Å². The van der Waals surface area contributed by atoms with Gasteiger partial charge in [0.2, 0.25) is 0 Å². The molecule has 0 aliphatic heterocycles. The van der Waals surface area contributed by atoms with E-state index in [1.54, 1.807) is 6.07 Å². The van der Waals surface area contributed by atoms with Gasteiger partial charge in [0.05, 0.1) is 22.6 Å². The molecule has 4 N–H and O–H groups in total. The Labute approximate surface area is 119 Å². The minimum atomic E-state index is -3.38. The fourth-order valence-electron chi connectivity index (χ4n) is 1.61. The van der Waals surface area contributed by atoms with Gasteiger partial charge in [0.15, 0.2) is 0 Å². The van der Waals surface area contributed by atoms with Gasteiger partial charge in [0, 0.05) is 0 Å².